The van der Waals surface area contributed by atoms with Crippen LogP contribution in [0.1, 0.15) is 32.6 Å². The van der Waals surface area contributed by atoms with Crippen molar-refractivity contribution in [2.24, 2.45) is 0 Å². The lowest BCUT2D eigenvalue weighted by atomic mass is 10.0. The van der Waals surface area contributed by atoms with Crippen molar-refractivity contribution < 1.29 is 9.47 Å². The standard InChI is InChI=1S/C11H23NO2/c1-3-12-10-11(6-4-5-7-11)14-9-8-13-2/h12H,3-10H2,1-2H3. The van der Waals surface area contributed by atoms with Gasteiger partial charge in [-0.3, -0.25) is 0 Å². The SMILES string of the molecule is CCNCC1(OCCOC)CCCC1. The summed E-state index contributed by atoms with van der Waals surface area (Å²) in [6.07, 6.45) is 5.00. The molecule has 0 bridgehead atoms. The predicted molar refractivity (Wildman–Crippen MR) is 57.6 cm³/mol. The second-order valence-corrected chi connectivity index (χ2v) is 4.01. The second kappa shape index (κ2) is 6.38. The number of hydrogen-bond donors (Lipinski definition) is 1. The molecule has 3 nitrogen and oxygen atoms in total. The summed E-state index contributed by atoms with van der Waals surface area (Å²) in [6, 6.07) is 0. The third-order valence-electron chi connectivity index (χ3n) is 2.91. The van der Waals surface area contributed by atoms with Crippen LogP contribution in [0.4, 0.5) is 0 Å². The summed E-state index contributed by atoms with van der Waals surface area (Å²) < 4.78 is 11.0. The molecule has 1 aliphatic carbocycles. The topological polar surface area (TPSA) is 30.5 Å². The monoisotopic (exact) mass is 201 g/mol. The first-order chi connectivity index (χ1) is 6.83. The van der Waals surface area contributed by atoms with Crippen molar-refractivity contribution in [3.8, 4) is 0 Å². The van der Waals surface area contributed by atoms with Crippen molar-refractivity contribution in [3.05, 3.63) is 0 Å². The summed E-state index contributed by atoms with van der Waals surface area (Å²) in [6.45, 7) is 5.58. The van der Waals surface area contributed by atoms with Gasteiger partial charge >= 0.3 is 0 Å². The number of hydrogen-bond acceptors (Lipinski definition) is 3. The lowest BCUT2D eigenvalue weighted by molar-refractivity contribution is -0.0570. The zero-order valence-corrected chi connectivity index (χ0v) is 9.47. The summed E-state index contributed by atoms with van der Waals surface area (Å²) in [5.74, 6) is 0. The van der Waals surface area contributed by atoms with E-state index in [1.807, 2.05) is 0 Å². The van der Waals surface area contributed by atoms with Crippen LogP contribution in [-0.2, 0) is 9.47 Å². The molecule has 1 fully saturated rings. The van der Waals surface area contributed by atoms with E-state index in [0.29, 0.717) is 6.61 Å². The van der Waals surface area contributed by atoms with Crippen LogP contribution in [0.2, 0.25) is 0 Å². The number of nitrogens with one attached hydrogen (secondary N) is 1. The van der Waals surface area contributed by atoms with E-state index in [4.69, 9.17) is 9.47 Å². The van der Waals surface area contributed by atoms with E-state index in [2.05, 4.69) is 12.2 Å². The normalized spacial score (nSPS) is 20.1. The smallest absolute Gasteiger partial charge is 0.0807 e. The Morgan fingerprint density at radius 1 is 1.21 bits per heavy atom. The van der Waals surface area contributed by atoms with Crippen molar-refractivity contribution in [3.63, 3.8) is 0 Å². The minimum Gasteiger partial charge on any atom is -0.382 e. The molecule has 0 amide bonds. The Bertz CT molecular complexity index is 144. The zero-order chi connectivity index (χ0) is 10.3. The number of rotatable bonds is 7. The maximum Gasteiger partial charge on any atom is 0.0807 e. The molecule has 1 N–H and O–H groups in total. The Morgan fingerprint density at radius 3 is 2.50 bits per heavy atom. The minimum absolute atomic E-state index is 0.106. The molecule has 0 aromatic rings. The number of likely N-dealkylation sites (N-methyl/N-ethyl adjacent to an activating group) is 1. The first-order valence-electron chi connectivity index (χ1n) is 5.66. The average Bonchev–Trinajstić information content (AvgIpc) is 2.65. The van der Waals surface area contributed by atoms with Gasteiger partial charge in [0.15, 0.2) is 0 Å². The molecular formula is C11H23NO2. The van der Waals surface area contributed by atoms with Gasteiger partial charge in [0.05, 0.1) is 18.8 Å². The van der Waals surface area contributed by atoms with Gasteiger partial charge in [-0.05, 0) is 19.4 Å². The summed E-state index contributed by atoms with van der Waals surface area (Å²) in [7, 11) is 1.72. The van der Waals surface area contributed by atoms with Crippen LogP contribution in [0.15, 0.2) is 0 Å². The van der Waals surface area contributed by atoms with Gasteiger partial charge in [-0.2, -0.15) is 0 Å². The molecule has 0 aliphatic heterocycles. The zero-order valence-electron chi connectivity index (χ0n) is 9.47. The van der Waals surface area contributed by atoms with Gasteiger partial charge in [-0.15, -0.1) is 0 Å². The van der Waals surface area contributed by atoms with E-state index in [9.17, 15) is 0 Å². The number of methoxy groups -OCH3 is 1. The average molecular weight is 201 g/mol. The van der Waals surface area contributed by atoms with E-state index < -0.39 is 0 Å². The van der Waals surface area contributed by atoms with Crippen LogP contribution in [0.5, 0.6) is 0 Å². The fourth-order valence-corrected chi connectivity index (χ4v) is 2.09. The molecule has 0 atom stereocenters. The lowest BCUT2D eigenvalue weighted by Crippen LogP contribution is -2.41. The van der Waals surface area contributed by atoms with Crippen LogP contribution >= 0.6 is 0 Å². The molecule has 0 aromatic heterocycles. The van der Waals surface area contributed by atoms with E-state index in [1.165, 1.54) is 25.7 Å². The molecule has 0 unspecified atom stereocenters. The molecular weight excluding hydrogens is 178 g/mol. The third-order valence-corrected chi connectivity index (χ3v) is 2.91. The fourth-order valence-electron chi connectivity index (χ4n) is 2.09. The molecule has 84 valence electrons. The van der Waals surface area contributed by atoms with Crippen LogP contribution in [-0.4, -0.2) is 39.0 Å². The quantitative estimate of drug-likeness (QED) is 0.634. The second-order valence-electron chi connectivity index (χ2n) is 4.01. The molecule has 0 spiro atoms. The highest BCUT2D eigenvalue weighted by molar-refractivity contribution is 4.88. The van der Waals surface area contributed by atoms with E-state index in [1.54, 1.807) is 7.11 Å². The highest BCUT2D eigenvalue weighted by Gasteiger charge is 2.33. The molecule has 0 saturated heterocycles. The van der Waals surface area contributed by atoms with Crippen molar-refractivity contribution in [1.29, 1.82) is 0 Å². The summed E-state index contributed by atoms with van der Waals surface area (Å²) in [5.41, 5.74) is 0.106. The first kappa shape index (κ1) is 12.0. The van der Waals surface area contributed by atoms with Crippen molar-refractivity contribution in [2.75, 3.05) is 33.4 Å². The Labute approximate surface area is 87.2 Å². The van der Waals surface area contributed by atoms with E-state index in [0.717, 1.165) is 19.7 Å². The summed E-state index contributed by atoms with van der Waals surface area (Å²) >= 11 is 0. The summed E-state index contributed by atoms with van der Waals surface area (Å²) in [5, 5.41) is 3.39. The maximum atomic E-state index is 5.95. The van der Waals surface area contributed by atoms with Crippen LogP contribution in [0.25, 0.3) is 0 Å². The third kappa shape index (κ3) is 3.56. The summed E-state index contributed by atoms with van der Waals surface area (Å²) in [4.78, 5) is 0. The Kier molecular flexibility index (Phi) is 5.45. The molecule has 0 radical (unpaired) electrons. The Morgan fingerprint density at radius 2 is 1.93 bits per heavy atom. The maximum absolute atomic E-state index is 5.95. The molecule has 1 aliphatic rings. The van der Waals surface area contributed by atoms with Gasteiger partial charge < -0.3 is 14.8 Å². The minimum atomic E-state index is 0.106. The van der Waals surface area contributed by atoms with Gasteiger partial charge in [0.25, 0.3) is 0 Å². The first-order valence-corrected chi connectivity index (χ1v) is 5.66. The van der Waals surface area contributed by atoms with Crippen molar-refractivity contribution >= 4 is 0 Å². The van der Waals surface area contributed by atoms with Crippen LogP contribution in [0.3, 0.4) is 0 Å². The molecule has 14 heavy (non-hydrogen) atoms. The van der Waals surface area contributed by atoms with Gasteiger partial charge in [-0.25, -0.2) is 0 Å². The largest absolute Gasteiger partial charge is 0.382 e. The van der Waals surface area contributed by atoms with Crippen LogP contribution in [0, 0.1) is 0 Å². The Balaban J connectivity index is 2.28. The highest BCUT2D eigenvalue weighted by Crippen LogP contribution is 2.32. The van der Waals surface area contributed by atoms with Gasteiger partial charge in [-0.1, -0.05) is 19.8 Å². The molecule has 0 aromatic carbocycles. The molecule has 1 saturated carbocycles. The predicted octanol–water partition coefficient (Wildman–Crippen LogP) is 1.57. The highest BCUT2D eigenvalue weighted by atomic mass is 16.5. The van der Waals surface area contributed by atoms with E-state index >= 15 is 0 Å². The van der Waals surface area contributed by atoms with Crippen LogP contribution < -0.4 is 5.32 Å². The molecule has 1 rings (SSSR count). The lowest BCUT2D eigenvalue weighted by Gasteiger charge is -2.29. The molecule has 3 heteroatoms. The molecule has 0 heterocycles. The fraction of sp³-hybridized carbons (Fsp3) is 1.00. The van der Waals surface area contributed by atoms with Gasteiger partial charge in [0, 0.05) is 13.7 Å². The van der Waals surface area contributed by atoms with E-state index in [-0.39, 0.29) is 5.60 Å². The van der Waals surface area contributed by atoms with Gasteiger partial charge in [0.1, 0.15) is 0 Å². The van der Waals surface area contributed by atoms with Crippen molar-refractivity contribution in [1.82, 2.24) is 5.32 Å². The number of ether oxygens (including phenoxy) is 2. The van der Waals surface area contributed by atoms with Gasteiger partial charge in [0.2, 0.25) is 0 Å². The van der Waals surface area contributed by atoms with Crippen molar-refractivity contribution in [2.45, 2.75) is 38.2 Å². The Hall–Kier alpha value is -0.120.